The van der Waals surface area contributed by atoms with E-state index in [-0.39, 0.29) is 32.8 Å². The number of rotatable bonds is 33. The third kappa shape index (κ3) is 26.3. The third-order valence-electron chi connectivity index (χ3n) is 8.34. The molecule has 0 bridgehead atoms. The molecule has 51 heavy (non-hydrogen) atoms. The second-order valence-corrected chi connectivity index (χ2v) is 15.6. The maximum absolute atomic E-state index is 12.6. The molecule has 0 radical (unpaired) electrons. The van der Waals surface area contributed by atoms with Gasteiger partial charge < -0.3 is 40.4 Å². The van der Waals surface area contributed by atoms with Gasteiger partial charge in [-0.25, -0.2) is 4.57 Å². The Morgan fingerprint density at radius 2 is 1.39 bits per heavy atom. The van der Waals surface area contributed by atoms with Gasteiger partial charge in [-0.2, -0.15) is 0 Å². The first-order valence-corrected chi connectivity index (χ1v) is 20.5. The molecule has 0 spiro atoms. The van der Waals surface area contributed by atoms with Crippen molar-refractivity contribution >= 4 is 19.8 Å². The van der Waals surface area contributed by atoms with Gasteiger partial charge in [0.2, 0.25) is 0 Å². The number of quaternary nitrogens is 1. The predicted octanol–water partition coefficient (Wildman–Crippen LogP) is 5.74. The summed E-state index contributed by atoms with van der Waals surface area (Å²) in [7, 11) is 1.34. The summed E-state index contributed by atoms with van der Waals surface area (Å²) in [6.45, 7) is 3.11. The van der Waals surface area contributed by atoms with Crippen molar-refractivity contribution in [3.8, 4) is 5.75 Å². The first kappa shape index (κ1) is 46.9. The highest BCUT2D eigenvalue weighted by Crippen LogP contribution is 2.43. The molecule has 1 unspecified atom stereocenters. The number of phosphoric ester groups is 1. The van der Waals surface area contributed by atoms with E-state index in [9.17, 15) is 19.0 Å². The number of nitrogens with two attached hydrogens (primary N) is 2. The Hall–Kier alpha value is -2.09. The number of hydrogen-bond donors (Lipinski definition) is 4. The normalized spacial score (nSPS) is 13.5. The molecular weight excluding hydrogens is 675 g/mol. The minimum absolute atomic E-state index is 0.00734. The van der Waals surface area contributed by atoms with Crippen LogP contribution in [0.15, 0.2) is 18.2 Å². The lowest BCUT2D eigenvalue weighted by Gasteiger charge is -2.24. The van der Waals surface area contributed by atoms with Crippen LogP contribution >= 0.6 is 7.82 Å². The third-order valence-corrected chi connectivity index (χ3v) is 9.32. The first-order valence-electron chi connectivity index (χ1n) is 19.0. The summed E-state index contributed by atoms with van der Waals surface area (Å²) in [6, 6.07) is 5.53. The molecule has 296 valence electrons. The second kappa shape index (κ2) is 28.4. The van der Waals surface area contributed by atoms with E-state index in [1.807, 2.05) is 39.3 Å². The zero-order valence-electron chi connectivity index (χ0n) is 32.0. The van der Waals surface area contributed by atoms with Crippen LogP contribution in [0.4, 0.5) is 0 Å². The summed E-state index contributed by atoms with van der Waals surface area (Å²) in [5.74, 6) is -0.431. The molecule has 0 saturated carbocycles. The Kier molecular flexibility index (Phi) is 26.1. The van der Waals surface area contributed by atoms with Crippen molar-refractivity contribution in [1.82, 2.24) is 5.32 Å². The van der Waals surface area contributed by atoms with E-state index in [1.165, 1.54) is 64.2 Å². The molecule has 2 atom stereocenters. The van der Waals surface area contributed by atoms with Crippen LogP contribution in [0.2, 0.25) is 0 Å². The second-order valence-electron chi connectivity index (χ2n) is 14.1. The highest BCUT2D eigenvalue weighted by Gasteiger charge is 2.27. The van der Waals surface area contributed by atoms with Gasteiger partial charge in [0.25, 0.3) is 0 Å². The Bertz CT molecular complexity index is 1120. The molecule has 0 aromatic heterocycles. The Labute approximate surface area is 307 Å². The Morgan fingerprint density at radius 3 is 1.96 bits per heavy atom. The van der Waals surface area contributed by atoms with Crippen molar-refractivity contribution in [1.29, 1.82) is 0 Å². The number of benzene rings is 1. The highest BCUT2D eigenvalue weighted by molar-refractivity contribution is 7.47. The number of hydrogen-bond acceptors (Lipinski definition) is 11. The van der Waals surface area contributed by atoms with Crippen molar-refractivity contribution in [3.63, 3.8) is 0 Å². The summed E-state index contributed by atoms with van der Waals surface area (Å²) < 4.78 is 39.7. The molecule has 0 saturated heterocycles. The fourth-order valence-electron chi connectivity index (χ4n) is 5.22. The molecule has 6 N–H and O–H groups in total. The number of carbonyl (C=O) groups excluding carboxylic acids is 2. The maximum Gasteiger partial charge on any atom is 0.472 e. The number of likely N-dealkylation sites (N-methyl/N-ethyl adjacent to an activating group) is 1. The van der Waals surface area contributed by atoms with Gasteiger partial charge in [-0.05, 0) is 29.7 Å². The van der Waals surface area contributed by atoms with E-state index in [0.717, 1.165) is 30.4 Å². The average molecular weight is 746 g/mol. The van der Waals surface area contributed by atoms with Crippen LogP contribution in [0.5, 0.6) is 5.75 Å². The van der Waals surface area contributed by atoms with Crippen LogP contribution in [-0.2, 0) is 45.8 Å². The largest absolute Gasteiger partial charge is 0.492 e. The predicted molar refractivity (Wildman–Crippen MR) is 201 cm³/mol. The van der Waals surface area contributed by atoms with Gasteiger partial charge >= 0.3 is 19.8 Å². The van der Waals surface area contributed by atoms with E-state index >= 15 is 0 Å². The minimum Gasteiger partial charge on any atom is -0.492 e. The monoisotopic (exact) mass is 745 g/mol. The van der Waals surface area contributed by atoms with Crippen LogP contribution in [-0.4, -0.2) is 94.6 Å². The molecule has 1 aromatic carbocycles. The van der Waals surface area contributed by atoms with Gasteiger partial charge in [-0.15, -0.1) is 0 Å². The van der Waals surface area contributed by atoms with Gasteiger partial charge in [0.05, 0.1) is 34.3 Å². The quantitative estimate of drug-likeness (QED) is 0.0297. The van der Waals surface area contributed by atoms with Crippen molar-refractivity contribution in [3.05, 3.63) is 29.3 Å². The molecular formula is C37H70N4O9P+. The van der Waals surface area contributed by atoms with Crippen LogP contribution < -0.4 is 21.5 Å². The summed E-state index contributed by atoms with van der Waals surface area (Å²) in [6.07, 6.45) is 16.2. The topological polar surface area (TPSA) is 182 Å². The lowest BCUT2D eigenvalue weighted by Crippen LogP contribution is -2.37. The molecule has 0 heterocycles. The first-order chi connectivity index (χ1) is 24.4. The summed E-state index contributed by atoms with van der Waals surface area (Å²) in [5, 5.41) is 2.94. The summed E-state index contributed by atoms with van der Waals surface area (Å²) in [4.78, 5) is 35.2. The molecule has 0 aliphatic heterocycles. The number of phosphoric acid groups is 1. The molecule has 0 fully saturated rings. The highest BCUT2D eigenvalue weighted by atomic mass is 31.2. The molecule has 0 amide bonds. The van der Waals surface area contributed by atoms with Gasteiger partial charge in [0.1, 0.15) is 32.1 Å². The van der Waals surface area contributed by atoms with Crippen LogP contribution in [0.1, 0.15) is 114 Å². The van der Waals surface area contributed by atoms with Crippen LogP contribution in [0.25, 0.3) is 0 Å². The Morgan fingerprint density at radius 1 is 0.804 bits per heavy atom. The maximum atomic E-state index is 12.6. The van der Waals surface area contributed by atoms with Gasteiger partial charge in [0.15, 0.2) is 6.10 Å². The van der Waals surface area contributed by atoms with Crippen LogP contribution in [0, 0.1) is 0 Å². The number of ether oxygens (including phenoxy) is 3. The summed E-state index contributed by atoms with van der Waals surface area (Å²) >= 11 is 0. The molecule has 0 aliphatic carbocycles. The van der Waals surface area contributed by atoms with E-state index in [2.05, 4.69) is 12.2 Å². The molecule has 1 rings (SSSR count). The lowest BCUT2D eigenvalue weighted by molar-refractivity contribution is -0.870. The van der Waals surface area contributed by atoms with Crippen molar-refractivity contribution in [2.24, 2.45) is 11.5 Å². The van der Waals surface area contributed by atoms with Gasteiger partial charge in [-0.3, -0.25) is 18.6 Å². The number of esters is 2. The Balaban J connectivity index is 2.41. The van der Waals surface area contributed by atoms with Crippen molar-refractivity contribution in [2.45, 2.75) is 122 Å². The smallest absolute Gasteiger partial charge is 0.472 e. The number of unbranched alkanes of at least 4 members (excludes halogenated alkanes) is 13. The van der Waals surface area contributed by atoms with Gasteiger partial charge in [0, 0.05) is 26.1 Å². The summed E-state index contributed by atoms with van der Waals surface area (Å²) in [5.41, 5.74) is 13.4. The van der Waals surface area contributed by atoms with E-state index in [1.54, 1.807) is 0 Å². The minimum atomic E-state index is -4.43. The lowest BCUT2D eigenvalue weighted by atomic mass is 10.0. The fourth-order valence-corrected chi connectivity index (χ4v) is 5.96. The standard InChI is InChI=1S/C37H69N4O9P/c1-5-6-7-8-9-10-11-12-13-14-15-16-17-18-19-36(42)47-30-35(31-49-51(44,45)48-25-23-41(2,3)4)50-37(43)29-40-22-24-46-34-21-20-32(27-38)33(26-34)28-39/h20-21,26,35,40H,5-19,22-25,27-31,38-39H2,1-4H3/p+1/t35-/m1/s1. The van der Waals surface area contributed by atoms with Crippen molar-refractivity contribution in [2.75, 3.05) is 67.2 Å². The number of nitrogens with one attached hydrogen (secondary N) is 1. The SMILES string of the molecule is CCCCCCCCCCCCCCCCC(=O)OC[C@H](COP(=O)(O)OCC[N+](C)(C)C)OC(=O)CNCCOc1ccc(CN)c(CN)c1. The van der Waals surface area contributed by atoms with Gasteiger partial charge in [-0.1, -0.05) is 96.5 Å². The average Bonchev–Trinajstić information content (AvgIpc) is 3.08. The molecule has 0 aliphatic rings. The zero-order chi connectivity index (χ0) is 37.8. The zero-order valence-corrected chi connectivity index (χ0v) is 32.9. The van der Waals surface area contributed by atoms with Crippen LogP contribution in [0.3, 0.4) is 0 Å². The number of carbonyl (C=O) groups is 2. The molecule has 14 heteroatoms. The van der Waals surface area contributed by atoms with Crippen molar-refractivity contribution < 1.29 is 46.8 Å². The molecule has 13 nitrogen and oxygen atoms in total. The fraction of sp³-hybridized carbons (Fsp3) is 0.784. The van der Waals surface area contributed by atoms with E-state index in [0.29, 0.717) is 42.8 Å². The van der Waals surface area contributed by atoms with E-state index in [4.69, 9.17) is 34.7 Å². The van der Waals surface area contributed by atoms with E-state index < -0.39 is 32.5 Å². The molecule has 1 aromatic rings. The number of nitrogens with zero attached hydrogens (tertiary/aromatic N) is 1.